The number of thiophene rings is 1. The number of amides is 1. The second-order valence-electron chi connectivity index (χ2n) is 5.87. The topological polar surface area (TPSA) is 75.3 Å². The van der Waals surface area contributed by atoms with Gasteiger partial charge in [0.25, 0.3) is 15.9 Å². The summed E-state index contributed by atoms with van der Waals surface area (Å²) in [4.78, 5) is 12.3. The van der Waals surface area contributed by atoms with Crippen molar-refractivity contribution in [1.82, 2.24) is 0 Å². The van der Waals surface area contributed by atoms with Crippen LogP contribution in [-0.2, 0) is 10.0 Å². The molecule has 0 atom stereocenters. The molecule has 0 aliphatic rings. The van der Waals surface area contributed by atoms with Crippen molar-refractivity contribution < 1.29 is 13.2 Å². The molecule has 0 saturated heterocycles. The Morgan fingerprint density at radius 1 is 0.923 bits per heavy atom. The van der Waals surface area contributed by atoms with Gasteiger partial charge in [-0.05, 0) is 72.8 Å². The van der Waals surface area contributed by atoms with Crippen molar-refractivity contribution >= 4 is 38.6 Å². The number of benzene rings is 2. The number of anilines is 2. The normalized spacial score (nSPS) is 11.2. The lowest BCUT2D eigenvalue weighted by molar-refractivity contribution is 0.102. The third-order valence-corrected chi connectivity index (χ3v) is 6.70. The highest BCUT2D eigenvalue weighted by atomic mass is 32.2. The van der Waals surface area contributed by atoms with Crippen LogP contribution >= 0.6 is 11.3 Å². The van der Waals surface area contributed by atoms with E-state index in [1.807, 2.05) is 32.0 Å². The Balaban J connectivity index is 1.71. The van der Waals surface area contributed by atoms with Gasteiger partial charge in [0.1, 0.15) is 4.21 Å². The fourth-order valence-electron chi connectivity index (χ4n) is 2.33. The molecule has 3 aromatic rings. The van der Waals surface area contributed by atoms with Gasteiger partial charge in [0.2, 0.25) is 0 Å². The van der Waals surface area contributed by atoms with E-state index >= 15 is 0 Å². The maximum absolute atomic E-state index is 12.3. The summed E-state index contributed by atoms with van der Waals surface area (Å²) in [5.74, 6) is -0.249. The van der Waals surface area contributed by atoms with Crippen molar-refractivity contribution in [3.05, 3.63) is 76.7 Å². The van der Waals surface area contributed by atoms with Crippen molar-refractivity contribution in [3.63, 3.8) is 0 Å². The van der Waals surface area contributed by atoms with E-state index in [2.05, 4.69) is 10.0 Å². The monoisotopic (exact) mass is 386 g/mol. The summed E-state index contributed by atoms with van der Waals surface area (Å²) in [6.07, 6.45) is 0. The van der Waals surface area contributed by atoms with E-state index in [1.54, 1.807) is 41.8 Å². The molecule has 0 aliphatic heterocycles. The summed E-state index contributed by atoms with van der Waals surface area (Å²) in [6, 6.07) is 15.2. The number of carbonyl (C=O) groups is 1. The molecule has 2 aromatic carbocycles. The average Bonchev–Trinajstić information content (AvgIpc) is 3.14. The van der Waals surface area contributed by atoms with Gasteiger partial charge in [-0.2, -0.15) is 0 Å². The van der Waals surface area contributed by atoms with Gasteiger partial charge >= 0.3 is 0 Å². The highest BCUT2D eigenvalue weighted by Crippen LogP contribution is 2.21. The van der Waals surface area contributed by atoms with Crippen molar-refractivity contribution in [3.8, 4) is 0 Å². The molecule has 3 rings (SSSR count). The number of hydrogen-bond donors (Lipinski definition) is 2. The van der Waals surface area contributed by atoms with Crippen LogP contribution in [0.3, 0.4) is 0 Å². The number of nitrogens with one attached hydrogen (secondary N) is 2. The minimum Gasteiger partial charge on any atom is -0.322 e. The van der Waals surface area contributed by atoms with Crippen molar-refractivity contribution in [2.45, 2.75) is 18.1 Å². The molecule has 0 radical (unpaired) electrons. The van der Waals surface area contributed by atoms with Crippen LogP contribution in [0.1, 0.15) is 21.5 Å². The number of sulfonamides is 1. The second kappa shape index (κ2) is 7.31. The van der Waals surface area contributed by atoms with Gasteiger partial charge < -0.3 is 5.32 Å². The highest BCUT2D eigenvalue weighted by molar-refractivity contribution is 7.94. The van der Waals surface area contributed by atoms with Gasteiger partial charge in [0, 0.05) is 16.9 Å². The molecule has 0 fully saturated rings. The molecular weight excluding hydrogens is 368 g/mol. The third-order valence-electron chi connectivity index (χ3n) is 3.92. The Morgan fingerprint density at radius 3 is 2.23 bits per heavy atom. The molecule has 0 saturated carbocycles. The maximum Gasteiger partial charge on any atom is 0.271 e. The summed E-state index contributed by atoms with van der Waals surface area (Å²) in [7, 11) is -3.59. The minimum atomic E-state index is -3.59. The molecule has 1 amide bonds. The zero-order chi connectivity index (χ0) is 18.7. The molecular formula is C19H18N2O3S2. The van der Waals surface area contributed by atoms with Crippen LogP contribution in [0.15, 0.2) is 64.2 Å². The highest BCUT2D eigenvalue weighted by Gasteiger charge is 2.15. The second-order valence-corrected chi connectivity index (χ2v) is 8.73. The summed E-state index contributed by atoms with van der Waals surface area (Å²) in [6.45, 7) is 4.00. The lowest BCUT2D eigenvalue weighted by Crippen LogP contribution is -2.13. The summed E-state index contributed by atoms with van der Waals surface area (Å²) >= 11 is 1.15. The quantitative estimate of drug-likeness (QED) is 0.682. The van der Waals surface area contributed by atoms with Gasteiger partial charge in [-0.25, -0.2) is 8.42 Å². The Morgan fingerprint density at radius 2 is 1.62 bits per heavy atom. The predicted molar refractivity (Wildman–Crippen MR) is 105 cm³/mol. The smallest absolute Gasteiger partial charge is 0.271 e. The average molecular weight is 386 g/mol. The molecule has 26 heavy (non-hydrogen) atoms. The lowest BCUT2D eigenvalue weighted by atomic mass is 10.1. The minimum absolute atomic E-state index is 0.245. The van der Waals surface area contributed by atoms with Crippen LogP contribution in [0, 0.1) is 13.8 Å². The van der Waals surface area contributed by atoms with E-state index in [1.165, 1.54) is 0 Å². The number of hydrogen-bond acceptors (Lipinski definition) is 4. The first-order chi connectivity index (χ1) is 12.3. The summed E-state index contributed by atoms with van der Waals surface area (Å²) < 4.78 is 27.1. The van der Waals surface area contributed by atoms with Crippen LogP contribution in [0.2, 0.25) is 0 Å². The Hall–Kier alpha value is -2.64. The molecule has 1 aromatic heterocycles. The molecule has 134 valence electrons. The van der Waals surface area contributed by atoms with Crippen LogP contribution in [0.25, 0.3) is 0 Å². The third kappa shape index (κ3) is 4.12. The van der Waals surface area contributed by atoms with Crippen molar-refractivity contribution in [2.75, 3.05) is 10.0 Å². The van der Waals surface area contributed by atoms with E-state index in [-0.39, 0.29) is 10.1 Å². The zero-order valence-corrected chi connectivity index (χ0v) is 15.9. The van der Waals surface area contributed by atoms with E-state index in [0.29, 0.717) is 11.3 Å². The van der Waals surface area contributed by atoms with E-state index < -0.39 is 10.0 Å². The first-order valence-corrected chi connectivity index (χ1v) is 10.3. The summed E-state index contributed by atoms with van der Waals surface area (Å²) in [5, 5.41) is 4.54. The zero-order valence-electron chi connectivity index (χ0n) is 14.3. The van der Waals surface area contributed by atoms with Gasteiger partial charge in [-0.1, -0.05) is 12.1 Å². The van der Waals surface area contributed by atoms with Crippen LogP contribution in [0.4, 0.5) is 11.4 Å². The largest absolute Gasteiger partial charge is 0.322 e. The molecule has 2 N–H and O–H groups in total. The Kier molecular flexibility index (Phi) is 5.11. The standard InChI is InChI=1S/C19H18N2O3S2/c1-13-5-8-17(12-14(13)2)20-19(22)15-6-9-16(10-7-15)21-26(23,24)18-4-3-11-25-18/h3-12,21H,1-2H3,(H,20,22). The molecule has 1 heterocycles. The van der Waals surface area contributed by atoms with Gasteiger partial charge in [-0.3, -0.25) is 9.52 Å². The number of carbonyl (C=O) groups excluding carboxylic acids is 1. The Labute approximate surface area is 156 Å². The Bertz CT molecular complexity index is 1030. The van der Waals surface area contributed by atoms with Crippen LogP contribution < -0.4 is 10.0 Å². The number of rotatable bonds is 5. The van der Waals surface area contributed by atoms with E-state index in [0.717, 1.165) is 28.2 Å². The molecule has 5 nitrogen and oxygen atoms in total. The van der Waals surface area contributed by atoms with Crippen LogP contribution in [-0.4, -0.2) is 14.3 Å². The summed E-state index contributed by atoms with van der Waals surface area (Å²) in [5.41, 5.74) is 3.83. The molecule has 7 heteroatoms. The van der Waals surface area contributed by atoms with Gasteiger partial charge in [0.05, 0.1) is 0 Å². The molecule has 0 bridgehead atoms. The van der Waals surface area contributed by atoms with E-state index in [4.69, 9.17) is 0 Å². The van der Waals surface area contributed by atoms with Gasteiger partial charge in [-0.15, -0.1) is 11.3 Å². The van der Waals surface area contributed by atoms with E-state index in [9.17, 15) is 13.2 Å². The molecule has 0 aliphatic carbocycles. The van der Waals surface area contributed by atoms with Crippen LogP contribution in [0.5, 0.6) is 0 Å². The molecule has 0 unspecified atom stereocenters. The number of aryl methyl sites for hydroxylation is 2. The SMILES string of the molecule is Cc1ccc(NC(=O)c2ccc(NS(=O)(=O)c3cccs3)cc2)cc1C. The predicted octanol–water partition coefficient (Wildman–Crippen LogP) is 4.42. The van der Waals surface area contributed by atoms with Gasteiger partial charge in [0.15, 0.2) is 0 Å². The fraction of sp³-hybridized carbons (Fsp3) is 0.105. The molecule has 0 spiro atoms. The van der Waals surface area contributed by atoms with Crippen molar-refractivity contribution in [1.29, 1.82) is 0 Å². The van der Waals surface area contributed by atoms with Crippen molar-refractivity contribution in [2.24, 2.45) is 0 Å². The first kappa shape index (κ1) is 18.2. The fourth-order valence-corrected chi connectivity index (χ4v) is 4.39. The lowest BCUT2D eigenvalue weighted by Gasteiger charge is -2.09. The first-order valence-electron chi connectivity index (χ1n) is 7.90. The maximum atomic E-state index is 12.3.